The molecule has 1 unspecified atom stereocenters. The standard InChI is InChI=1S/2C9H20O3/c1-3-4-9(2)12-8-7-11-6-5-10;1-3-9(4-2)12-8-7-11-6-5-10/h2*9-10H,3-8H2,1-2H3. The summed E-state index contributed by atoms with van der Waals surface area (Å²) >= 11 is 0. The van der Waals surface area contributed by atoms with Crippen LogP contribution in [0.2, 0.25) is 0 Å². The summed E-state index contributed by atoms with van der Waals surface area (Å²) in [4.78, 5) is 0. The van der Waals surface area contributed by atoms with Gasteiger partial charge in [-0.2, -0.15) is 0 Å². The van der Waals surface area contributed by atoms with Crippen LogP contribution in [0.3, 0.4) is 0 Å². The van der Waals surface area contributed by atoms with E-state index in [4.69, 9.17) is 29.2 Å². The highest BCUT2D eigenvalue weighted by atomic mass is 16.5. The van der Waals surface area contributed by atoms with E-state index in [0.717, 1.165) is 25.7 Å². The second-order valence-corrected chi connectivity index (χ2v) is 5.45. The smallest absolute Gasteiger partial charge is 0.0704 e. The SMILES string of the molecule is CCC(CC)OCCOCCO.CCCC(C)OCCOCCO. The molecule has 0 radical (unpaired) electrons. The van der Waals surface area contributed by atoms with Crippen molar-refractivity contribution in [1.29, 1.82) is 0 Å². The fraction of sp³-hybridized carbons (Fsp3) is 1.00. The summed E-state index contributed by atoms with van der Waals surface area (Å²) in [6.07, 6.45) is 5.04. The maximum Gasteiger partial charge on any atom is 0.0704 e. The largest absolute Gasteiger partial charge is 0.394 e. The molecule has 148 valence electrons. The Labute approximate surface area is 148 Å². The Hall–Kier alpha value is -0.240. The van der Waals surface area contributed by atoms with E-state index >= 15 is 0 Å². The molecule has 0 spiro atoms. The molecule has 2 N–H and O–H groups in total. The van der Waals surface area contributed by atoms with Crippen LogP contribution in [0.1, 0.15) is 53.4 Å². The van der Waals surface area contributed by atoms with Crippen LogP contribution in [0.15, 0.2) is 0 Å². The van der Waals surface area contributed by atoms with E-state index in [0.29, 0.717) is 51.8 Å². The minimum atomic E-state index is 0.0878. The molecule has 0 saturated heterocycles. The van der Waals surface area contributed by atoms with Gasteiger partial charge in [-0.05, 0) is 26.2 Å². The molecule has 0 aliphatic heterocycles. The van der Waals surface area contributed by atoms with Gasteiger partial charge in [0.25, 0.3) is 0 Å². The topological polar surface area (TPSA) is 77.4 Å². The van der Waals surface area contributed by atoms with Crippen LogP contribution in [0, 0.1) is 0 Å². The molecule has 0 aliphatic rings. The van der Waals surface area contributed by atoms with E-state index in [-0.39, 0.29) is 13.2 Å². The van der Waals surface area contributed by atoms with Gasteiger partial charge >= 0.3 is 0 Å². The molecule has 1 atom stereocenters. The summed E-state index contributed by atoms with van der Waals surface area (Å²) in [5, 5.41) is 16.8. The Kier molecular flexibility index (Phi) is 24.7. The summed E-state index contributed by atoms with van der Waals surface area (Å²) in [6.45, 7) is 11.8. The number of hydrogen-bond donors (Lipinski definition) is 2. The first-order valence-electron chi connectivity index (χ1n) is 9.26. The van der Waals surface area contributed by atoms with E-state index in [1.165, 1.54) is 0 Å². The lowest BCUT2D eigenvalue weighted by atomic mass is 10.2. The van der Waals surface area contributed by atoms with Crippen molar-refractivity contribution in [2.45, 2.75) is 65.6 Å². The molecule has 0 rings (SSSR count). The predicted molar refractivity (Wildman–Crippen MR) is 96.5 cm³/mol. The van der Waals surface area contributed by atoms with E-state index in [9.17, 15) is 0 Å². The molecule has 6 nitrogen and oxygen atoms in total. The zero-order chi connectivity index (χ0) is 18.5. The Bertz CT molecular complexity index is 212. The average molecular weight is 353 g/mol. The van der Waals surface area contributed by atoms with Crippen molar-refractivity contribution in [3.63, 3.8) is 0 Å². The first-order valence-corrected chi connectivity index (χ1v) is 9.26. The summed E-state index contributed by atoms with van der Waals surface area (Å²) in [5.41, 5.74) is 0. The Morgan fingerprint density at radius 1 is 0.708 bits per heavy atom. The molecule has 0 saturated carbocycles. The van der Waals surface area contributed by atoms with Crippen molar-refractivity contribution in [2.75, 3.05) is 52.9 Å². The Morgan fingerprint density at radius 2 is 1.21 bits per heavy atom. The van der Waals surface area contributed by atoms with Crippen molar-refractivity contribution in [3.8, 4) is 0 Å². The third-order valence-electron chi connectivity index (χ3n) is 3.29. The van der Waals surface area contributed by atoms with Gasteiger partial charge in [0.15, 0.2) is 0 Å². The molecule has 0 bridgehead atoms. The zero-order valence-electron chi connectivity index (χ0n) is 16.2. The molecular formula is C18H40O6. The van der Waals surface area contributed by atoms with Gasteiger partial charge in [-0.25, -0.2) is 0 Å². The summed E-state index contributed by atoms with van der Waals surface area (Å²) in [6, 6.07) is 0. The van der Waals surface area contributed by atoms with Crippen molar-refractivity contribution >= 4 is 0 Å². The number of hydrogen-bond acceptors (Lipinski definition) is 6. The van der Waals surface area contributed by atoms with Gasteiger partial charge in [-0.15, -0.1) is 0 Å². The Balaban J connectivity index is 0. The predicted octanol–water partition coefficient (Wildman–Crippen LogP) is 2.40. The van der Waals surface area contributed by atoms with Crippen molar-refractivity contribution in [2.24, 2.45) is 0 Å². The maximum absolute atomic E-state index is 8.40. The van der Waals surface area contributed by atoms with Crippen molar-refractivity contribution in [1.82, 2.24) is 0 Å². The van der Waals surface area contributed by atoms with Crippen LogP contribution in [-0.4, -0.2) is 75.3 Å². The van der Waals surface area contributed by atoms with Crippen molar-refractivity contribution in [3.05, 3.63) is 0 Å². The number of ether oxygens (including phenoxy) is 4. The number of aliphatic hydroxyl groups excluding tert-OH is 2. The van der Waals surface area contributed by atoms with Gasteiger partial charge in [-0.1, -0.05) is 27.2 Å². The highest BCUT2D eigenvalue weighted by molar-refractivity contribution is 4.50. The quantitative estimate of drug-likeness (QED) is 0.415. The molecule has 0 amide bonds. The summed E-state index contributed by atoms with van der Waals surface area (Å²) in [5.74, 6) is 0. The van der Waals surface area contributed by atoms with Gasteiger partial charge in [0, 0.05) is 0 Å². The highest BCUT2D eigenvalue weighted by Gasteiger charge is 2.01. The minimum Gasteiger partial charge on any atom is -0.394 e. The van der Waals surface area contributed by atoms with Gasteiger partial charge in [0.2, 0.25) is 0 Å². The number of rotatable bonds is 16. The lowest BCUT2D eigenvalue weighted by Gasteiger charge is -2.13. The first-order chi connectivity index (χ1) is 11.7. The first kappa shape index (κ1) is 26.0. The van der Waals surface area contributed by atoms with Gasteiger partial charge in [-0.3, -0.25) is 0 Å². The summed E-state index contributed by atoms with van der Waals surface area (Å²) in [7, 11) is 0. The molecule has 0 heterocycles. The second kappa shape index (κ2) is 22.8. The van der Waals surface area contributed by atoms with E-state index in [1.807, 2.05) is 0 Å². The van der Waals surface area contributed by atoms with Crippen LogP contribution in [0.25, 0.3) is 0 Å². The van der Waals surface area contributed by atoms with Crippen LogP contribution in [0.5, 0.6) is 0 Å². The third kappa shape index (κ3) is 21.8. The van der Waals surface area contributed by atoms with Gasteiger partial charge < -0.3 is 29.2 Å². The van der Waals surface area contributed by atoms with Crippen LogP contribution in [-0.2, 0) is 18.9 Å². The van der Waals surface area contributed by atoms with Crippen LogP contribution >= 0.6 is 0 Å². The molecule has 0 aliphatic carbocycles. The second-order valence-electron chi connectivity index (χ2n) is 5.45. The third-order valence-corrected chi connectivity index (χ3v) is 3.29. The minimum absolute atomic E-state index is 0.0878. The van der Waals surface area contributed by atoms with E-state index < -0.39 is 0 Å². The molecule has 6 heteroatoms. The molecule has 0 aromatic rings. The monoisotopic (exact) mass is 352 g/mol. The molecule has 0 fully saturated rings. The van der Waals surface area contributed by atoms with E-state index in [2.05, 4.69) is 27.7 Å². The molecule has 0 aromatic carbocycles. The van der Waals surface area contributed by atoms with Crippen LogP contribution in [0.4, 0.5) is 0 Å². The lowest BCUT2D eigenvalue weighted by molar-refractivity contribution is -0.00482. The zero-order valence-corrected chi connectivity index (χ0v) is 16.2. The normalized spacial score (nSPS) is 12.1. The Morgan fingerprint density at radius 3 is 1.62 bits per heavy atom. The van der Waals surface area contributed by atoms with Crippen molar-refractivity contribution < 1.29 is 29.2 Å². The maximum atomic E-state index is 8.40. The van der Waals surface area contributed by atoms with Crippen LogP contribution < -0.4 is 0 Å². The van der Waals surface area contributed by atoms with Gasteiger partial charge in [0.1, 0.15) is 0 Å². The molecule has 24 heavy (non-hydrogen) atoms. The highest BCUT2D eigenvalue weighted by Crippen LogP contribution is 2.01. The summed E-state index contributed by atoms with van der Waals surface area (Å²) < 4.78 is 21.0. The molecule has 0 aromatic heterocycles. The lowest BCUT2D eigenvalue weighted by Crippen LogP contribution is -2.15. The number of aliphatic hydroxyl groups is 2. The average Bonchev–Trinajstić information content (AvgIpc) is 2.59. The fourth-order valence-electron chi connectivity index (χ4n) is 1.93. The van der Waals surface area contributed by atoms with Gasteiger partial charge in [0.05, 0.1) is 65.1 Å². The molecular weight excluding hydrogens is 312 g/mol. The van der Waals surface area contributed by atoms with E-state index in [1.54, 1.807) is 0 Å². The fourth-order valence-corrected chi connectivity index (χ4v) is 1.93.